The van der Waals surface area contributed by atoms with Crippen LogP contribution < -0.4 is 0 Å². The second kappa shape index (κ2) is 7.85. The molecule has 0 atom stereocenters. The van der Waals surface area contributed by atoms with Gasteiger partial charge in [0, 0.05) is 35.0 Å². The highest BCUT2D eigenvalue weighted by molar-refractivity contribution is 7.80. The lowest BCUT2D eigenvalue weighted by atomic mass is 9.97. The van der Waals surface area contributed by atoms with Gasteiger partial charge < -0.3 is 0 Å². The first-order valence-electron chi connectivity index (χ1n) is 6.82. The van der Waals surface area contributed by atoms with Crippen molar-refractivity contribution in [1.82, 2.24) is 0 Å². The second-order valence-electron chi connectivity index (χ2n) is 4.57. The van der Waals surface area contributed by atoms with E-state index in [0.29, 0.717) is 0 Å². The Morgan fingerprint density at radius 3 is 2.55 bits per heavy atom. The van der Waals surface area contributed by atoms with Crippen LogP contribution in [-0.2, 0) is 0 Å². The topological polar surface area (TPSA) is 24.7 Å². The van der Waals surface area contributed by atoms with Crippen LogP contribution in [0.15, 0.2) is 40.0 Å². The molecule has 0 aliphatic heterocycles. The van der Waals surface area contributed by atoms with Gasteiger partial charge in [0.05, 0.1) is 5.70 Å². The molecule has 0 spiro atoms. The van der Waals surface area contributed by atoms with Gasteiger partial charge in [0.15, 0.2) is 0 Å². The van der Waals surface area contributed by atoms with Crippen molar-refractivity contribution in [1.29, 1.82) is 0 Å². The summed E-state index contributed by atoms with van der Waals surface area (Å²) >= 11 is 5.24. The Morgan fingerprint density at radius 2 is 2.05 bits per heavy atom. The summed E-state index contributed by atoms with van der Waals surface area (Å²) in [5.41, 5.74) is 5.38. The van der Waals surface area contributed by atoms with Crippen LogP contribution in [0.25, 0.3) is 0 Å². The minimum Gasteiger partial charge on any atom is -0.296 e. The van der Waals surface area contributed by atoms with Gasteiger partial charge >= 0.3 is 0 Å². The lowest BCUT2D eigenvalue weighted by Crippen LogP contribution is -2.07. The molecule has 0 aromatic heterocycles. The third-order valence-electron chi connectivity index (χ3n) is 3.12. The first-order chi connectivity index (χ1) is 9.54. The largest absolute Gasteiger partial charge is 0.296 e. The van der Waals surface area contributed by atoms with E-state index in [9.17, 15) is 0 Å². The monoisotopic (exact) mass is 286 g/mol. The van der Waals surface area contributed by atoms with E-state index in [0.717, 1.165) is 33.8 Å². The van der Waals surface area contributed by atoms with Crippen molar-refractivity contribution in [3.05, 3.63) is 46.7 Å². The van der Waals surface area contributed by atoms with Crippen molar-refractivity contribution in [3.8, 4) is 0 Å². The number of nitrogens with zero attached hydrogens (tertiary/aromatic N) is 2. The number of hydrogen-bond donors (Lipinski definition) is 0. The molecule has 0 amide bonds. The minimum atomic E-state index is 0.816. The fourth-order valence-corrected chi connectivity index (χ4v) is 2.22. The molecule has 0 bridgehead atoms. The van der Waals surface area contributed by atoms with Gasteiger partial charge in [-0.2, -0.15) is 0 Å². The molecule has 3 heteroatoms. The summed E-state index contributed by atoms with van der Waals surface area (Å²) in [6.07, 6.45) is 4.71. The second-order valence-corrected chi connectivity index (χ2v) is 5.18. The molecule has 20 heavy (non-hydrogen) atoms. The van der Waals surface area contributed by atoms with Crippen LogP contribution in [0.1, 0.15) is 43.9 Å². The molecule has 0 radical (unpaired) electrons. The summed E-state index contributed by atoms with van der Waals surface area (Å²) in [5.74, 6) is 0. The van der Waals surface area contributed by atoms with E-state index in [2.05, 4.69) is 37.0 Å². The van der Waals surface area contributed by atoms with Crippen molar-refractivity contribution in [3.63, 3.8) is 0 Å². The standard InChI is InChI=1S/C17H22N2S/c1-6-16(13(4)20)19-17(7-2)14-10-8-9-12(3)15(14)11-18-5/h6,8-11H,7H2,1-5H3/b16-6-,18-11?,19-17?. The lowest BCUT2D eigenvalue weighted by molar-refractivity contribution is 1.24. The molecule has 1 aromatic carbocycles. The van der Waals surface area contributed by atoms with Crippen LogP contribution in [0, 0.1) is 6.92 Å². The maximum Gasteiger partial charge on any atom is 0.0727 e. The molecule has 0 saturated heterocycles. The third kappa shape index (κ3) is 3.94. The van der Waals surface area contributed by atoms with Crippen LogP contribution in [-0.4, -0.2) is 23.8 Å². The highest BCUT2D eigenvalue weighted by atomic mass is 32.1. The Morgan fingerprint density at radius 1 is 1.35 bits per heavy atom. The maximum absolute atomic E-state index is 5.24. The molecule has 1 aromatic rings. The number of allylic oxidation sites excluding steroid dienone is 2. The third-order valence-corrected chi connectivity index (χ3v) is 3.33. The van der Waals surface area contributed by atoms with Gasteiger partial charge in [-0.25, -0.2) is 0 Å². The lowest BCUT2D eigenvalue weighted by Gasteiger charge is -2.11. The smallest absolute Gasteiger partial charge is 0.0727 e. The van der Waals surface area contributed by atoms with Gasteiger partial charge in [0.25, 0.3) is 0 Å². The molecule has 0 aliphatic carbocycles. The zero-order chi connectivity index (χ0) is 15.1. The predicted molar refractivity (Wildman–Crippen MR) is 93.6 cm³/mol. The van der Waals surface area contributed by atoms with E-state index in [1.54, 1.807) is 7.05 Å². The number of aryl methyl sites for hydroxylation is 1. The van der Waals surface area contributed by atoms with Crippen molar-refractivity contribution in [2.45, 2.75) is 34.1 Å². The minimum absolute atomic E-state index is 0.816. The maximum atomic E-state index is 5.24. The normalized spacial score (nSPS) is 13.1. The summed E-state index contributed by atoms with van der Waals surface area (Å²) in [4.78, 5) is 9.72. The quantitative estimate of drug-likeness (QED) is 0.443. The average molecular weight is 286 g/mol. The average Bonchev–Trinajstić information content (AvgIpc) is 2.42. The van der Waals surface area contributed by atoms with Crippen LogP contribution >= 0.6 is 12.2 Å². The van der Waals surface area contributed by atoms with Crippen LogP contribution in [0.5, 0.6) is 0 Å². The molecular weight excluding hydrogens is 264 g/mol. The van der Waals surface area contributed by atoms with Gasteiger partial charge in [-0.15, -0.1) is 0 Å². The Balaban J connectivity index is 3.43. The summed E-state index contributed by atoms with van der Waals surface area (Å²) in [6.45, 7) is 8.08. The summed E-state index contributed by atoms with van der Waals surface area (Å²) in [7, 11) is 1.79. The van der Waals surface area contributed by atoms with Crippen molar-refractivity contribution >= 4 is 29.0 Å². The van der Waals surface area contributed by atoms with E-state index in [4.69, 9.17) is 17.2 Å². The molecule has 0 unspecified atom stereocenters. The van der Waals surface area contributed by atoms with E-state index in [-0.39, 0.29) is 0 Å². The molecule has 2 nitrogen and oxygen atoms in total. The number of benzene rings is 1. The first-order valence-corrected chi connectivity index (χ1v) is 7.22. The van der Waals surface area contributed by atoms with E-state index in [1.807, 2.05) is 26.1 Å². The molecular formula is C17H22N2S. The summed E-state index contributed by atoms with van der Waals surface area (Å²) in [6, 6.07) is 6.25. The molecule has 0 N–H and O–H groups in total. The molecule has 0 fully saturated rings. The first kappa shape index (κ1) is 16.4. The molecule has 0 heterocycles. The summed E-state index contributed by atoms with van der Waals surface area (Å²) in [5, 5.41) is 0. The number of thiocarbonyl (C=S) groups is 1. The zero-order valence-corrected chi connectivity index (χ0v) is 13.7. The van der Waals surface area contributed by atoms with E-state index >= 15 is 0 Å². The van der Waals surface area contributed by atoms with Crippen LogP contribution in [0.4, 0.5) is 0 Å². The Kier molecular flexibility index (Phi) is 6.46. The van der Waals surface area contributed by atoms with Gasteiger partial charge in [0.2, 0.25) is 0 Å². The van der Waals surface area contributed by atoms with Gasteiger partial charge in [-0.3, -0.25) is 9.98 Å². The molecule has 0 aliphatic rings. The molecule has 0 saturated carbocycles. The summed E-state index contributed by atoms with van der Waals surface area (Å²) < 4.78 is 0. The van der Waals surface area contributed by atoms with Crippen molar-refractivity contribution in [2.24, 2.45) is 9.98 Å². The molecule has 106 valence electrons. The number of rotatable bonds is 5. The highest BCUT2D eigenvalue weighted by Gasteiger charge is 2.09. The van der Waals surface area contributed by atoms with Crippen molar-refractivity contribution in [2.75, 3.05) is 7.05 Å². The SMILES string of the molecule is C/C=C(\N=C(CC)c1cccc(C)c1C=NC)C(C)=S. The molecule has 1 rings (SSSR count). The van der Waals surface area contributed by atoms with Crippen molar-refractivity contribution < 1.29 is 0 Å². The number of hydrogen-bond acceptors (Lipinski definition) is 3. The van der Waals surface area contributed by atoms with Crippen LogP contribution in [0.2, 0.25) is 0 Å². The zero-order valence-electron chi connectivity index (χ0n) is 12.9. The van der Waals surface area contributed by atoms with E-state index in [1.165, 1.54) is 5.56 Å². The van der Waals surface area contributed by atoms with Crippen LogP contribution in [0.3, 0.4) is 0 Å². The highest BCUT2D eigenvalue weighted by Crippen LogP contribution is 2.17. The number of aliphatic imine (C=N–C) groups is 2. The predicted octanol–water partition coefficient (Wildman–Crippen LogP) is 4.54. The fraction of sp³-hybridized carbons (Fsp3) is 0.353. The Labute approximate surface area is 127 Å². The fourth-order valence-electron chi connectivity index (χ4n) is 2.05. The van der Waals surface area contributed by atoms with Gasteiger partial charge in [-0.1, -0.05) is 43.4 Å². The Bertz CT molecular complexity index is 581. The van der Waals surface area contributed by atoms with E-state index < -0.39 is 0 Å². The Hall–Kier alpha value is -1.61. The van der Waals surface area contributed by atoms with Gasteiger partial charge in [0.1, 0.15) is 0 Å². The van der Waals surface area contributed by atoms with Gasteiger partial charge in [-0.05, 0) is 32.8 Å².